The first kappa shape index (κ1) is 17.2. The number of rotatable bonds is 4. The van der Waals surface area contributed by atoms with E-state index < -0.39 is 5.91 Å². The predicted octanol–water partition coefficient (Wildman–Crippen LogP) is 5.21. The fourth-order valence-electron chi connectivity index (χ4n) is 2.55. The molecule has 0 aliphatic carbocycles. The molecule has 0 saturated carbocycles. The van der Waals surface area contributed by atoms with E-state index in [-0.39, 0.29) is 5.57 Å². The summed E-state index contributed by atoms with van der Waals surface area (Å²) in [6.45, 7) is 1.98. The minimum absolute atomic E-state index is 0.0676. The third-order valence-electron chi connectivity index (χ3n) is 4.00. The fraction of sp³-hybridized carbons (Fsp3) is 0.0435. The number of anilines is 1. The molecule has 3 aromatic rings. The van der Waals surface area contributed by atoms with Gasteiger partial charge in [-0.3, -0.25) is 4.79 Å². The standard InChI is InChI=1S/C23H18N2O/c1-17-7-13-22(14-8-17)25-23(26)21(16-24)15-18-9-11-20(12-10-18)19-5-3-2-4-6-19/h2-15H,1H3,(H,25,26). The van der Waals surface area contributed by atoms with Crippen molar-refractivity contribution in [3.8, 4) is 17.2 Å². The molecule has 0 atom stereocenters. The Kier molecular flexibility index (Phi) is 5.26. The quantitative estimate of drug-likeness (QED) is 0.524. The highest BCUT2D eigenvalue weighted by atomic mass is 16.1. The van der Waals surface area contributed by atoms with Crippen molar-refractivity contribution in [2.24, 2.45) is 0 Å². The van der Waals surface area contributed by atoms with Crippen molar-refractivity contribution in [2.45, 2.75) is 6.92 Å². The smallest absolute Gasteiger partial charge is 0.266 e. The van der Waals surface area contributed by atoms with Crippen molar-refractivity contribution in [2.75, 3.05) is 5.32 Å². The van der Waals surface area contributed by atoms with E-state index in [9.17, 15) is 10.1 Å². The number of benzene rings is 3. The van der Waals surface area contributed by atoms with E-state index in [0.717, 1.165) is 22.3 Å². The van der Waals surface area contributed by atoms with Gasteiger partial charge in [0, 0.05) is 5.69 Å². The summed E-state index contributed by atoms with van der Waals surface area (Å²) in [4.78, 5) is 12.3. The minimum atomic E-state index is -0.413. The number of amides is 1. The van der Waals surface area contributed by atoms with E-state index in [2.05, 4.69) is 5.32 Å². The minimum Gasteiger partial charge on any atom is -0.321 e. The predicted molar refractivity (Wildman–Crippen MR) is 105 cm³/mol. The molecule has 3 heteroatoms. The largest absolute Gasteiger partial charge is 0.321 e. The number of nitrogens with one attached hydrogen (secondary N) is 1. The van der Waals surface area contributed by atoms with Gasteiger partial charge in [0.1, 0.15) is 11.6 Å². The number of nitrogens with zero attached hydrogens (tertiary/aromatic N) is 1. The zero-order valence-electron chi connectivity index (χ0n) is 14.4. The summed E-state index contributed by atoms with van der Waals surface area (Å²) < 4.78 is 0. The van der Waals surface area contributed by atoms with Gasteiger partial charge in [-0.05, 0) is 41.8 Å². The molecule has 3 nitrogen and oxygen atoms in total. The van der Waals surface area contributed by atoms with Gasteiger partial charge in [-0.25, -0.2) is 0 Å². The maximum Gasteiger partial charge on any atom is 0.266 e. The number of hydrogen-bond donors (Lipinski definition) is 1. The van der Waals surface area contributed by atoms with Gasteiger partial charge in [-0.15, -0.1) is 0 Å². The molecule has 1 N–H and O–H groups in total. The molecule has 3 rings (SSSR count). The Morgan fingerprint density at radius 1 is 0.885 bits per heavy atom. The second kappa shape index (κ2) is 7.96. The summed E-state index contributed by atoms with van der Waals surface area (Å²) in [6.07, 6.45) is 1.60. The molecular weight excluding hydrogens is 320 g/mol. The Bertz CT molecular complexity index is 963. The van der Waals surface area contributed by atoms with E-state index in [4.69, 9.17) is 0 Å². The molecule has 0 unspecified atom stereocenters. The topological polar surface area (TPSA) is 52.9 Å². The summed E-state index contributed by atoms with van der Waals surface area (Å²) in [5.41, 5.74) is 4.86. The summed E-state index contributed by atoms with van der Waals surface area (Å²) >= 11 is 0. The molecule has 1 amide bonds. The van der Waals surface area contributed by atoms with Crippen molar-refractivity contribution in [1.29, 1.82) is 5.26 Å². The average Bonchev–Trinajstić information content (AvgIpc) is 2.69. The van der Waals surface area contributed by atoms with Crippen LogP contribution in [0.25, 0.3) is 17.2 Å². The molecule has 3 aromatic carbocycles. The summed E-state index contributed by atoms with van der Waals surface area (Å²) in [5, 5.41) is 12.1. The molecule has 0 aliphatic rings. The molecule has 26 heavy (non-hydrogen) atoms. The van der Waals surface area contributed by atoms with Crippen molar-refractivity contribution < 1.29 is 4.79 Å². The first-order valence-electron chi connectivity index (χ1n) is 8.31. The summed E-state index contributed by atoms with van der Waals surface area (Å²) in [5.74, 6) is -0.413. The summed E-state index contributed by atoms with van der Waals surface area (Å²) in [7, 11) is 0. The van der Waals surface area contributed by atoms with Gasteiger partial charge in [0.15, 0.2) is 0 Å². The second-order valence-electron chi connectivity index (χ2n) is 5.98. The molecule has 0 aliphatic heterocycles. The molecular formula is C23H18N2O. The first-order valence-corrected chi connectivity index (χ1v) is 8.31. The van der Waals surface area contributed by atoms with Crippen LogP contribution in [-0.4, -0.2) is 5.91 Å². The molecule has 0 fully saturated rings. The molecule has 0 heterocycles. The van der Waals surface area contributed by atoms with Crippen LogP contribution in [0.2, 0.25) is 0 Å². The SMILES string of the molecule is Cc1ccc(NC(=O)C(C#N)=Cc2ccc(-c3ccccc3)cc2)cc1. The molecule has 0 bridgehead atoms. The van der Waals surface area contributed by atoms with E-state index >= 15 is 0 Å². The van der Waals surface area contributed by atoms with E-state index in [1.165, 1.54) is 0 Å². The first-order chi connectivity index (χ1) is 12.7. The monoisotopic (exact) mass is 338 g/mol. The second-order valence-corrected chi connectivity index (χ2v) is 5.98. The van der Waals surface area contributed by atoms with Gasteiger partial charge in [0.2, 0.25) is 0 Å². The lowest BCUT2D eigenvalue weighted by Gasteiger charge is -2.05. The lowest BCUT2D eigenvalue weighted by molar-refractivity contribution is -0.112. The fourth-order valence-corrected chi connectivity index (χ4v) is 2.55. The van der Waals surface area contributed by atoms with Gasteiger partial charge in [-0.1, -0.05) is 72.3 Å². The molecule has 126 valence electrons. The maximum atomic E-state index is 12.3. The Hall–Kier alpha value is -3.64. The van der Waals surface area contributed by atoms with Crippen LogP contribution in [0.4, 0.5) is 5.69 Å². The molecule has 0 spiro atoms. The van der Waals surface area contributed by atoms with Crippen molar-refractivity contribution >= 4 is 17.7 Å². The Morgan fingerprint density at radius 2 is 1.50 bits per heavy atom. The average molecular weight is 338 g/mol. The van der Waals surface area contributed by atoms with Crippen molar-refractivity contribution in [3.05, 3.63) is 95.6 Å². The van der Waals surface area contributed by atoms with E-state index in [0.29, 0.717) is 5.69 Å². The zero-order valence-corrected chi connectivity index (χ0v) is 14.4. The number of hydrogen-bond acceptors (Lipinski definition) is 2. The van der Waals surface area contributed by atoms with E-state index in [1.54, 1.807) is 6.08 Å². The van der Waals surface area contributed by atoms with Crippen LogP contribution >= 0.6 is 0 Å². The zero-order chi connectivity index (χ0) is 18.4. The highest BCUT2D eigenvalue weighted by Crippen LogP contribution is 2.20. The maximum absolute atomic E-state index is 12.3. The van der Waals surface area contributed by atoms with Crippen LogP contribution in [0.15, 0.2) is 84.4 Å². The highest BCUT2D eigenvalue weighted by Gasteiger charge is 2.09. The van der Waals surface area contributed by atoms with E-state index in [1.807, 2.05) is 91.9 Å². The van der Waals surface area contributed by atoms with Crippen LogP contribution in [0, 0.1) is 18.3 Å². The lowest BCUT2D eigenvalue weighted by atomic mass is 10.0. The third-order valence-corrected chi connectivity index (χ3v) is 4.00. The van der Waals surface area contributed by atoms with Crippen LogP contribution in [0.3, 0.4) is 0 Å². The van der Waals surface area contributed by atoms with Gasteiger partial charge in [-0.2, -0.15) is 5.26 Å². The van der Waals surface area contributed by atoms with Crippen LogP contribution < -0.4 is 5.32 Å². The van der Waals surface area contributed by atoms with Gasteiger partial charge in [0.25, 0.3) is 5.91 Å². The van der Waals surface area contributed by atoms with Crippen LogP contribution in [-0.2, 0) is 4.79 Å². The van der Waals surface area contributed by atoms with Gasteiger partial charge in [0.05, 0.1) is 0 Å². The number of nitriles is 1. The molecule has 0 saturated heterocycles. The van der Waals surface area contributed by atoms with Crippen molar-refractivity contribution in [3.63, 3.8) is 0 Å². The normalized spacial score (nSPS) is 10.8. The number of carbonyl (C=O) groups is 1. The third kappa shape index (κ3) is 4.25. The number of carbonyl (C=O) groups excluding carboxylic acids is 1. The van der Waals surface area contributed by atoms with Crippen molar-refractivity contribution in [1.82, 2.24) is 0 Å². The van der Waals surface area contributed by atoms with Crippen LogP contribution in [0.5, 0.6) is 0 Å². The summed E-state index contributed by atoms with van der Waals surface area (Å²) in [6, 6.07) is 27.2. The lowest BCUT2D eigenvalue weighted by Crippen LogP contribution is -2.13. The molecule has 0 aromatic heterocycles. The Labute approximate surface area is 153 Å². The van der Waals surface area contributed by atoms with Gasteiger partial charge >= 0.3 is 0 Å². The Balaban J connectivity index is 1.77. The highest BCUT2D eigenvalue weighted by molar-refractivity contribution is 6.09. The number of aryl methyl sites for hydroxylation is 1. The molecule has 0 radical (unpaired) electrons. The van der Waals surface area contributed by atoms with Gasteiger partial charge < -0.3 is 5.32 Å². The van der Waals surface area contributed by atoms with Crippen LogP contribution in [0.1, 0.15) is 11.1 Å². The Morgan fingerprint density at radius 3 is 2.12 bits per heavy atom.